The molecule has 0 bridgehead atoms. The summed E-state index contributed by atoms with van der Waals surface area (Å²) in [7, 11) is 0. The number of hydrogen-bond donors (Lipinski definition) is 2. The summed E-state index contributed by atoms with van der Waals surface area (Å²) in [6, 6.07) is 13.5. The van der Waals surface area contributed by atoms with Crippen LogP contribution in [0.1, 0.15) is 12.5 Å². The molecule has 4 heteroatoms. The number of nitrogens with zero attached hydrogens (tertiary/aromatic N) is 1. The van der Waals surface area contributed by atoms with Gasteiger partial charge in [-0.05, 0) is 37.3 Å². The highest BCUT2D eigenvalue weighted by molar-refractivity contribution is 6.03. The topological polar surface area (TPSA) is 44.6 Å². The molecule has 2 N–H and O–H groups in total. The average molecular weight is 244 g/mol. The quantitative estimate of drug-likeness (QED) is 0.490. The summed E-state index contributed by atoms with van der Waals surface area (Å²) in [6.45, 7) is 1.71. The smallest absolute Gasteiger partial charge is 0.123 e. The van der Waals surface area contributed by atoms with Gasteiger partial charge < -0.3 is 10.5 Å². The lowest BCUT2D eigenvalue weighted by molar-refractivity contribution is 0.319. The van der Waals surface area contributed by atoms with Gasteiger partial charge in [0.05, 0.1) is 5.71 Å². The Balaban J connectivity index is 2.32. The lowest BCUT2D eigenvalue weighted by Crippen LogP contribution is -2.01. The molecule has 0 amide bonds. The zero-order chi connectivity index (χ0) is 13.0. The van der Waals surface area contributed by atoms with E-state index in [2.05, 4.69) is 10.5 Å². The minimum atomic E-state index is -0.276. The zero-order valence-corrected chi connectivity index (χ0v) is 9.89. The summed E-state index contributed by atoms with van der Waals surface area (Å²) in [5.41, 5.74) is 2.89. The van der Waals surface area contributed by atoms with Gasteiger partial charge in [0.15, 0.2) is 0 Å². The average Bonchev–Trinajstić information content (AvgIpc) is 2.41. The van der Waals surface area contributed by atoms with Crippen molar-refractivity contribution in [1.29, 1.82) is 0 Å². The molecular formula is C14H13FN2O. The summed E-state index contributed by atoms with van der Waals surface area (Å²) < 4.78 is 12.8. The highest BCUT2D eigenvalue weighted by atomic mass is 19.1. The molecule has 0 unspecified atom stereocenters. The van der Waals surface area contributed by atoms with Gasteiger partial charge in [-0.25, -0.2) is 4.39 Å². The van der Waals surface area contributed by atoms with Gasteiger partial charge in [0.1, 0.15) is 5.82 Å². The van der Waals surface area contributed by atoms with Gasteiger partial charge in [0, 0.05) is 16.9 Å². The molecule has 0 spiro atoms. The summed E-state index contributed by atoms with van der Waals surface area (Å²) in [6.07, 6.45) is 0. The molecule has 2 aromatic carbocycles. The van der Waals surface area contributed by atoms with Crippen LogP contribution in [0, 0.1) is 5.82 Å². The normalized spacial score (nSPS) is 11.3. The number of nitrogens with one attached hydrogen (secondary N) is 1. The number of anilines is 2. The van der Waals surface area contributed by atoms with Gasteiger partial charge in [-0.1, -0.05) is 23.4 Å². The maximum absolute atomic E-state index is 12.8. The van der Waals surface area contributed by atoms with E-state index in [0.29, 0.717) is 5.71 Å². The number of para-hydroxylation sites is 1. The molecule has 0 heterocycles. The number of hydrogen-bond acceptors (Lipinski definition) is 3. The summed E-state index contributed by atoms with van der Waals surface area (Å²) in [5, 5.41) is 15.2. The molecule has 0 saturated heterocycles. The van der Waals surface area contributed by atoms with Crippen molar-refractivity contribution in [1.82, 2.24) is 0 Å². The van der Waals surface area contributed by atoms with Gasteiger partial charge in [0.2, 0.25) is 0 Å². The molecule has 0 fully saturated rings. The second kappa shape index (κ2) is 5.31. The van der Waals surface area contributed by atoms with Crippen LogP contribution in [0.4, 0.5) is 15.8 Å². The van der Waals surface area contributed by atoms with Crippen LogP contribution in [0.5, 0.6) is 0 Å². The highest BCUT2D eigenvalue weighted by Gasteiger charge is 2.05. The van der Waals surface area contributed by atoms with Crippen molar-refractivity contribution in [2.45, 2.75) is 6.92 Å². The van der Waals surface area contributed by atoms with Crippen molar-refractivity contribution in [2.24, 2.45) is 5.16 Å². The minimum absolute atomic E-state index is 0.276. The first kappa shape index (κ1) is 12.1. The van der Waals surface area contributed by atoms with Crippen molar-refractivity contribution < 1.29 is 9.60 Å². The van der Waals surface area contributed by atoms with Crippen molar-refractivity contribution >= 4 is 17.1 Å². The molecule has 2 rings (SSSR count). The predicted molar refractivity (Wildman–Crippen MR) is 70.1 cm³/mol. The molecule has 0 aliphatic rings. The van der Waals surface area contributed by atoms with Crippen LogP contribution in [0.15, 0.2) is 53.7 Å². The zero-order valence-electron chi connectivity index (χ0n) is 9.89. The van der Waals surface area contributed by atoms with E-state index < -0.39 is 0 Å². The SMILES string of the molecule is C/C(=N\O)c1ccccc1Nc1ccc(F)cc1. The van der Waals surface area contributed by atoms with Crippen molar-refractivity contribution in [3.05, 3.63) is 59.9 Å². The van der Waals surface area contributed by atoms with Gasteiger partial charge in [-0.2, -0.15) is 0 Å². The van der Waals surface area contributed by atoms with Crippen LogP contribution < -0.4 is 5.32 Å². The number of halogens is 1. The van der Waals surface area contributed by atoms with Gasteiger partial charge in [-0.15, -0.1) is 0 Å². The maximum Gasteiger partial charge on any atom is 0.123 e. The highest BCUT2D eigenvalue weighted by Crippen LogP contribution is 2.21. The van der Waals surface area contributed by atoms with E-state index in [9.17, 15) is 4.39 Å². The molecule has 2 aromatic rings. The fraction of sp³-hybridized carbons (Fsp3) is 0.0714. The van der Waals surface area contributed by atoms with Crippen LogP contribution in [-0.4, -0.2) is 10.9 Å². The Morgan fingerprint density at radius 1 is 1.11 bits per heavy atom. The molecule has 0 aliphatic carbocycles. The first-order valence-electron chi connectivity index (χ1n) is 5.51. The van der Waals surface area contributed by atoms with Crippen molar-refractivity contribution in [3.63, 3.8) is 0 Å². The lowest BCUT2D eigenvalue weighted by Gasteiger charge is -2.11. The molecule has 92 valence electrons. The second-order valence-corrected chi connectivity index (χ2v) is 3.86. The van der Waals surface area contributed by atoms with Crippen LogP contribution in [-0.2, 0) is 0 Å². The Labute approximate surface area is 105 Å². The third kappa shape index (κ3) is 2.66. The number of benzene rings is 2. The third-order valence-corrected chi connectivity index (χ3v) is 2.59. The Bertz CT molecular complexity index is 564. The molecule has 0 aromatic heterocycles. The van der Waals surface area contributed by atoms with Crippen LogP contribution in [0.3, 0.4) is 0 Å². The fourth-order valence-corrected chi connectivity index (χ4v) is 1.65. The summed E-state index contributed by atoms with van der Waals surface area (Å²) in [4.78, 5) is 0. The van der Waals surface area contributed by atoms with Gasteiger partial charge in [0.25, 0.3) is 0 Å². The molecule has 0 atom stereocenters. The Hall–Kier alpha value is -2.36. The Kier molecular flexibility index (Phi) is 3.57. The fourth-order valence-electron chi connectivity index (χ4n) is 1.65. The van der Waals surface area contributed by atoms with Crippen LogP contribution >= 0.6 is 0 Å². The lowest BCUT2D eigenvalue weighted by atomic mass is 10.1. The molecule has 0 aliphatic heterocycles. The molecule has 18 heavy (non-hydrogen) atoms. The van der Waals surface area contributed by atoms with E-state index in [1.54, 1.807) is 19.1 Å². The van der Waals surface area contributed by atoms with Gasteiger partial charge in [-0.3, -0.25) is 0 Å². The van der Waals surface area contributed by atoms with E-state index in [4.69, 9.17) is 5.21 Å². The molecular weight excluding hydrogens is 231 g/mol. The number of rotatable bonds is 3. The van der Waals surface area contributed by atoms with E-state index in [0.717, 1.165) is 16.9 Å². The monoisotopic (exact) mass is 244 g/mol. The maximum atomic E-state index is 12.8. The standard InChI is InChI=1S/C14H13FN2O/c1-10(17-18)13-4-2-3-5-14(13)16-12-8-6-11(15)7-9-12/h2-9,16,18H,1H3/b17-10+. The number of oxime groups is 1. The summed E-state index contributed by atoms with van der Waals surface area (Å²) in [5.74, 6) is -0.276. The Morgan fingerprint density at radius 2 is 1.78 bits per heavy atom. The second-order valence-electron chi connectivity index (χ2n) is 3.86. The molecule has 3 nitrogen and oxygen atoms in total. The van der Waals surface area contributed by atoms with E-state index in [-0.39, 0.29) is 5.82 Å². The minimum Gasteiger partial charge on any atom is -0.411 e. The van der Waals surface area contributed by atoms with Crippen molar-refractivity contribution in [3.8, 4) is 0 Å². The molecule has 0 saturated carbocycles. The van der Waals surface area contributed by atoms with Crippen LogP contribution in [0.2, 0.25) is 0 Å². The predicted octanol–water partition coefficient (Wildman–Crippen LogP) is 3.77. The summed E-state index contributed by atoms with van der Waals surface area (Å²) >= 11 is 0. The van der Waals surface area contributed by atoms with Crippen molar-refractivity contribution in [2.75, 3.05) is 5.32 Å². The van der Waals surface area contributed by atoms with Crippen LogP contribution in [0.25, 0.3) is 0 Å². The first-order chi connectivity index (χ1) is 8.70. The van der Waals surface area contributed by atoms with Gasteiger partial charge >= 0.3 is 0 Å². The first-order valence-corrected chi connectivity index (χ1v) is 5.51. The Morgan fingerprint density at radius 3 is 2.44 bits per heavy atom. The third-order valence-electron chi connectivity index (χ3n) is 2.59. The molecule has 0 radical (unpaired) electrons. The largest absolute Gasteiger partial charge is 0.411 e. The van der Waals surface area contributed by atoms with E-state index in [1.807, 2.05) is 24.3 Å². The van der Waals surface area contributed by atoms with E-state index >= 15 is 0 Å². The van der Waals surface area contributed by atoms with E-state index in [1.165, 1.54) is 12.1 Å².